The third kappa shape index (κ3) is 3.19. The van der Waals surface area contributed by atoms with Crippen molar-refractivity contribution < 1.29 is 13.6 Å². The van der Waals surface area contributed by atoms with E-state index in [-0.39, 0.29) is 23.4 Å². The highest BCUT2D eigenvalue weighted by Gasteiger charge is 2.45. The maximum absolute atomic E-state index is 13.6. The van der Waals surface area contributed by atoms with Crippen molar-refractivity contribution in [3.05, 3.63) is 69.5 Å². The summed E-state index contributed by atoms with van der Waals surface area (Å²) in [4.78, 5) is 19.7. The lowest BCUT2D eigenvalue weighted by atomic mass is 10.0. The first-order chi connectivity index (χ1) is 15.7. The first kappa shape index (κ1) is 21.4. The highest BCUT2D eigenvalue weighted by Crippen LogP contribution is 2.43. The summed E-state index contributed by atoms with van der Waals surface area (Å²) in [6, 6.07) is 8.30. The van der Waals surface area contributed by atoms with E-state index in [0.29, 0.717) is 16.3 Å². The zero-order valence-electron chi connectivity index (χ0n) is 18.3. The van der Waals surface area contributed by atoms with E-state index < -0.39 is 18.3 Å². The molecule has 0 bridgehead atoms. The number of imidazole rings is 1. The SMILES string of the molecule is Cc1cc(N2C(=O)c3nc(C)n(C(C)C)c3C2c2ccc(Cl)cc2)nn2c(C(F)F)nnc12. The van der Waals surface area contributed by atoms with E-state index in [1.165, 1.54) is 4.90 Å². The molecule has 5 rings (SSSR count). The Labute approximate surface area is 192 Å². The fourth-order valence-electron chi connectivity index (χ4n) is 4.45. The normalized spacial score (nSPS) is 16.0. The van der Waals surface area contributed by atoms with Crippen molar-refractivity contribution in [2.75, 3.05) is 4.90 Å². The van der Waals surface area contributed by atoms with Gasteiger partial charge < -0.3 is 4.57 Å². The molecule has 1 aliphatic heterocycles. The van der Waals surface area contributed by atoms with Crippen LogP contribution in [-0.4, -0.2) is 35.3 Å². The summed E-state index contributed by atoms with van der Waals surface area (Å²) < 4.78 is 30.0. The van der Waals surface area contributed by atoms with Crippen LogP contribution in [0.25, 0.3) is 5.65 Å². The zero-order valence-corrected chi connectivity index (χ0v) is 19.0. The summed E-state index contributed by atoms with van der Waals surface area (Å²) in [6.45, 7) is 7.60. The second-order valence-corrected chi connectivity index (χ2v) is 8.70. The second kappa shape index (κ2) is 7.58. The van der Waals surface area contributed by atoms with E-state index in [0.717, 1.165) is 21.6 Å². The molecule has 0 radical (unpaired) electrons. The molecule has 1 unspecified atom stereocenters. The van der Waals surface area contributed by atoms with Gasteiger partial charge in [0.05, 0.1) is 5.69 Å². The van der Waals surface area contributed by atoms with Gasteiger partial charge in [-0.3, -0.25) is 9.69 Å². The number of halogens is 3. The maximum atomic E-state index is 13.6. The van der Waals surface area contributed by atoms with E-state index in [4.69, 9.17) is 11.6 Å². The number of aromatic nitrogens is 6. The molecule has 11 heteroatoms. The van der Waals surface area contributed by atoms with Gasteiger partial charge in [0.25, 0.3) is 12.3 Å². The van der Waals surface area contributed by atoms with Gasteiger partial charge in [0.15, 0.2) is 17.2 Å². The van der Waals surface area contributed by atoms with Crippen LogP contribution >= 0.6 is 11.6 Å². The van der Waals surface area contributed by atoms with Gasteiger partial charge in [0.2, 0.25) is 5.82 Å². The van der Waals surface area contributed by atoms with Gasteiger partial charge >= 0.3 is 0 Å². The van der Waals surface area contributed by atoms with Gasteiger partial charge in [0, 0.05) is 11.1 Å². The molecule has 0 saturated heterocycles. The number of fused-ring (bicyclic) bond motifs is 2. The van der Waals surface area contributed by atoms with Crippen molar-refractivity contribution in [2.45, 2.75) is 46.2 Å². The van der Waals surface area contributed by atoms with Crippen molar-refractivity contribution in [3.63, 3.8) is 0 Å². The molecule has 170 valence electrons. The summed E-state index contributed by atoms with van der Waals surface area (Å²) >= 11 is 6.11. The van der Waals surface area contributed by atoms with Crippen LogP contribution < -0.4 is 4.90 Å². The van der Waals surface area contributed by atoms with Crippen LogP contribution in [0, 0.1) is 13.8 Å². The molecule has 1 aliphatic rings. The lowest BCUT2D eigenvalue weighted by molar-refractivity contribution is 0.0988. The van der Waals surface area contributed by atoms with Crippen LogP contribution in [0.5, 0.6) is 0 Å². The van der Waals surface area contributed by atoms with Gasteiger partial charge in [-0.1, -0.05) is 23.7 Å². The van der Waals surface area contributed by atoms with Crippen LogP contribution in [0.3, 0.4) is 0 Å². The molecule has 0 aliphatic carbocycles. The standard InChI is InChI=1S/C22H20ClF2N7O/c1-10(2)30-12(4)26-16-18(30)17(13-5-7-14(23)8-6-13)31(22(16)33)15-9-11(3)20-27-28-21(19(24)25)32(20)29-15/h5-10,17,19H,1-4H3. The van der Waals surface area contributed by atoms with Crippen molar-refractivity contribution in [2.24, 2.45) is 0 Å². The molecule has 8 nitrogen and oxygen atoms in total. The molecule has 4 aromatic rings. The fraction of sp³-hybridized carbons (Fsp3) is 0.318. The Kier molecular flexibility index (Phi) is 4.93. The molecule has 1 amide bonds. The second-order valence-electron chi connectivity index (χ2n) is 8.27. The number of aryl methyl sites for hydroxylation is 2. The van der Waals surface area contributed by atoms with E-state index in [1.54, 1.807) is 25.1 Å². The molecule has 1 atom stereocenters. The van der Waals surface area contributed by atoms with Crippen molar-refractivity contribution >= 4 is 29.0 Å². The number of rotatable bonds is 4. The van der Waals surface area contributed by atoms with Crippen LogP contribution in [0.2, 0.25) is 5.02 Å². The summed E-state index contributed by atoms with van der Waals surface area (Å²) in [7, 11) is 0. The van der Waals surface area contributed by atoms with Gasteiger partial charge in [-0.05, 0) is 57.0 Å². The molecular weight excluding hydrogens is 452 g/mol. The summed E-state index contributed by atoms with van der Waals surface area (Å²) in [5, 5.41) is 12.3. The first-order valence-corrected chi connectivity index (χ1v) is 10.8. The molecular formula is C22H20ClF2N7O. The third-order valence-corrected chi connectivity index (χ3v) is 6.02. The summed E-state index contributed by atoms with van der Waals surface area (Å²) in [5.74, 6) is -0.00820. The predicted molar refractivity (Wildman–Crippen MR) is 118 cm³/mol. The molecule has 33 heavy (non-hydrogen) atoms. The van der Waals surface area contributed by atoms with Gasteiger partial charge in [-0.25, -0.2) is 13.8 Å². The Morgan fingerprint density at radius 2 is 1.79 bits per heavy atom. The number of alkyl halides is 2. The number of nitrogens with zero attached hydrogens (tertiary/aromatic N) is 7. The average Bonchev–Trinajstić information content (AvgIpc) is 3.40. The highest BCUT2D eigenvalue weighted by molar-refractivity contribution is 6.30. The van der Waals surface area contributed by atoms with E-state index in [1.807, 2.05) is 37.5 Å². The van der Waals surface area contributed by atoms with Crippen LogP contribution in [-0.2, 0) is 0 Å². The molecule has 0 fully saturated rings. The Bertz CT molecular complexity index is 1390. The summed E-state index contributed by atoms with van der Waals surface area (Å²) in [5.41, 5.74) is 2.62. The quantitative estimate of drug-likeness (QED) is 0.424. The van der Waals surface area contributed by atoms with E-state index in [9.17, 15) is 13.6 Å². The third-order valence-electron chi connectivity index (χ3n) is 5.77. The lowest BCUT2D eigenvalue weighted by Crippen LogP contribution is -2.31. The Balaban J connectivity index is 1.76. The number of carbonyl (C=O) groups is 1. The van der Waals surface area contributed by atoms with E-state index >= 15 is 0 Å². The van der Waals surface area contributed by atoms with Crippen LogP contribution in [0.4, 0.5) is 14.6 Å². The monoisotopic (exact) mass is 471 g/mol. The topological polar surface area (TPSA) is 81.2 Å². The predicted octanol–water partition coefficient (Wildman–Crippen LogP) is 4.86. The molecule has 3 aromatic heterocycles. The number of hydrogen-bond donors (Lipinski definition) is 0. The zero-order chi connectivity index (χ0) is 23.6. The molecule has 4 heterocycles. The highest BCUT2D eigenvalue weighted by atomic mass is 35.5. The van der Waals surface area contributed by atoms with Crippen LogP contribution in [0.15, 0.2) is 30.3 Å². The maximum Gasteiger partial charge on any atom is 0.299 e. The Morgan fingerprint density at radius 1 is 1.09 bits per heavy atom. The van der Waals surface area contributed by atoms with Crippen LogP contribution in [0.1, 0.15) is 71.3 Å². The number of anilines is 1. The molecule has 0 N–H and O–H groups in total. The minimum atomic E-state index is -2.87. The lowest BCUT2D eigenvalue weighted by Gasteiger charge is -2.27. The van der Waals surface area contributed by atoms with Gasteiger partial charge in [-0.15, -0.1) is 15.3 Å². The average molecular weight is 472 g/mol. The number of amides is 1. The molecule has 0 spiro atoms. The Morgan fingerprint density at radius 3 is 2.42 bits per heavy atom. The number of hydrogen-bond acceptors (Lipinski definition) is 5. The summed E-state index contributed by atoms with van der Waals surface area (Å²) in [6.07, 6.45) is -2.87. The molecule has 1 aromatic carbocycles. The van der Waals surface area contributed by atoms with Crippen molar-refractivity contribution in [1.82, 2.24) is 29.4 Å². The largest absolute Gasteiger partial charge is 0.327 e. The van der Waals surface area contributed by atoms with Crippen molar-refractivity contribution in [3.8, 4) is 0 Å². The van der Waals surface area contributed by atoms with Gasteiger partial charge in [0.1, 0.15) is 11.9 Å². The fourth-order valence-corrected chi connectivity index (χ4v) is 4.58. The smallest absolute Gasteiger partial charge is 0.299 e. The van der Waals surface area contributed by atoms with Crippen molar-refractivity contribution in [1.29, 1.82) is 0 Å². The minimum Gasteiger partial charge on any atom is -0.327 e. The van der Waals surface area contributed by atoms with E-state index in [2.05, 4.69) is 20.3 Å². The Hall–Kier alpha value is -3.40. The molecule has 0 saturated carbocycles. The first-order valence-electron chi connectivity index (χ1n) is 10.4. The number of benzene rings is 1. The number of carbonyl (C=O) groups excluding carboxylic acids is 1. The van der Waals surface area contributed by atoms with Gasteiger partial charge in [-0.2, -0.15) is 4.52 Å². The minimum absolute atomic E-state index is 0.0456.